The van der Waals surface area contributed by atoms with Gasteiger partial charge in [0.05, 0.1) is 0 Å². The molecular weight excluding hydrogens is 298 g/mol. The van der Waals surface area contributed by atoms with Crippen molar-refractivity contribution in [3.63, 3.8) is 0 Å². The minimum Gasteiger partial charge on any atom is -0.334 e. The third-order valence-electron chi connectivity index (χ3n) is 4.15. The predicted molar refractivity (Wildman–Crippen MR) is 79.4 cm³/mol. The fourth-order valence-corrected chi connectivity index (χ4v) is 4.26. The molecule has 7 heteroatoms. The molecule has 1 fully saturated rings. The highest BCUT2D eigenvalue weighted by Crippen LogP contribution is 2.38. The molecule has 1 aliphatic carbocycles. The number of aryl methyl sites for hydroxylation is 2. The molecule has 5 nitrogen and oxygen atoms in total. The highest BCUT2D eigenvalue weighted by atomic mass is 35.5. The quantitative estimate of drug-likeness (QED) is 0.818. The molecule has 0 saturated heterocycles. The molecule has 1 heterocycles. The molecule has 20 heavy (non-hydrogen) atoms. The van der Waals surface area contributed by atoms with Gasteiger partial charge in [0.2, 0.25) is 0 Å². The molecule has 0 radical (unpaired) electrons. The summed E-state index contributed by atoms with van der Waals surface area (Å²) in [5, 5.41) is 0.0968. The fraction of sp³-hybridized carbons (Fsp3) is 0.769. The zero-order valence-electron chi connectivity index (χ0n) is 12.0. The van der Waals surface area contributed by atoms with Crippen LogP contribution in [0.3, 0.4) is 0 Å². The van der Waals surface area contributed by atoms with Gasteiger partial charge in [0, 0.05) is 25.2 Å². The van der Waals surface area contributed by atoms with Crippen LogP contribution in [0.25, 0.3) is 0 Å². The van der Waals surface area contributed by atoms with E-state index in [2.05, 4.69) is 9.71 Å². The van der Waals surface area contributed by atoms with E-state index >= 15 is 0 Å². The average molecular weight is 320 g/mol. The smallest absolute Gasteiger partial charge is 0.259 e. The highest BCUT2D eigenvalue weighted by molar-refractivity contribution is 7.89. The minimum atomic E-state index is -3.55. The molecule has 0 aliphatic heterocycles. The van der Waals surface area contributed by atoms with Gasteiger partial charge >= 0.3 is 0 Å². The first-order valence-corrected chi connectivity index (χ1v) is 9.04. The van der Waals surface area contributed by atoms with Crippen molar-refractivity contribution in [2.45, 2.75) is 51.1 Å². The van der Waals surface area contributed by atoms with E-state index in [1.54, 1.807) is 13.1 Å². The van der Waals surface area contributed by atoms with E-state index in [4.69, 9.17) is 11.6 Å². The van der Waals surface area contributed by atoms with Crippen LogP contribution in [0.4, 0.5) is 0 Å². The third-order valence-corrected chi connectivity index (χ3v) is 5.99. The van der Waals surface area contributed by atoms with Crippen molar-refractivity contribution in [2.75, 3.05) is 12.4 Å². The molecule has 0 aromatic carbocycles. The van der Waals surface area contributed by atoms with E-state index in [1.165, 1.54) is 0 Å². The predicted octanol–water partition coefficient (Wildman–Crippen LogP) is 2.29. The maximum Gasteiger partial charge on any atom is 0.259 e. The molecule has 1 aromatic rings. The summed E-state index contributed by atoms with van der Waals surface area (Å²) in [4.78, 5) is 4.13. The van der Waals surface area contributed by atoms with E-state index < -0.39 is 10.0 Å². The van der Waals surface area contributed by atoms with E-state index in [0.29, 0.717) is 24.8 Å². The fourth-order valence-electron chi connectivity index (χ4n) is 2.73. The summed E-state index contributed by atoms with van der Waals surface area (Å²) in [5.41, 5.74) is -0.0863. The van der Waals surface area contributed by atoms with Gasteiger partial charge in [-0.25, -0.2) is 18.1 Å². The molecule has 114 valence electrons. The number of halogens is 1. The third kappa shape index (κ3) is 3.18. The lowest BCUT2D eigenvalue weighted by Crippen LogP contribution is -2.37. The number of sulfonamides is 1. The monoisotopic (exact) mass is 319 g/mol. The van der Waals surface area contributed by atoms with Crippen molar-refractivity contribution in [3.8, 4) is 0 Å². The number of nitrogens with one attached hydrogen (secondary N) is 1. The number of hydrogen-bond donors (Lipinski definition) is 1. The topological polar surface area (TPSA) is 64.0 Å². The molecule has 1 N–H and O–H groups in total. The Morgan fingerprint density at radius 1 is 1.45 bits per heavy atom. The standard InChI is InChI=1S/C13H22ClN3O2S/c1-3-17-8-12(16-11(17)2)20(18,19)15-10-13(9-14)6-4-5-7-13/h8,15H,3-7,9-10H2,1-2H3. The molecule has 0 atom stereocenters. The zero-order valence-corrected chi connectivity index (χ0v) is 13.6. The second-order valence-corrected chi connectivity index (χ2v) is 7.56. The summed E-state index contributed by atoms with van der Waals surface area (Å²) in [6.07, 6.45) is 5.80. The van der Waals surface area contributed by atoms with E-state index in [0.717, 1.165) is 25.7 Å². The normalized spacial score (nSPS) is 18.6. The van der Waals surface area contributed by atoms with Crippen LogP contribution in [0.2, 0.25) is 0 Å². The summed E-state index contributed by atoms with van der Waals surface area (Å²) in [5.74, 6) is 1.21. The summed E-state index contributed by atoms with van der Waals surface area (Å²) in [6, 6.07) is 0. The second kappa shape index (κ2) is 6.03. The Morgan fingerprint density at radius 2 is 2.10 bits per heavy atom. The SMILES string of the molecule is CCn1cc(S(=O)(=O)NCC2(CCl)CCCC2)nc1C. The largest absolute Gasteiger partial charge is 0.334 e. The van der Waals surface area contributed by atoms with E-state index in [1.807, 2.05) is 11.5 Å². The molecular formula is C13H22ClN3O2S. The van der Waals surface area contributed by atoms with Crippen LogP contribution in [0.15, 0.2) is 11.2 Å². The minimum absolute atomic E-state index is 0.0863. The van der Waals surface area contributed by atoms with Gasteiger partial charge in [-0.1, -0.05) is 12.8 Å². The van der Waals surface area contributed by atoms with Crippen LogP contribution in [0.1, 0.15) is 38.4 Å². The van der Waals surface area contributed by atoms with Crippen molar-refractivity contribution >= 4 is 21.6 Å². The van der Waals surface area contributed by atoms with Crippen molar-refractivity contribution in [2.24, 2.45) is 5.41 Å². The maximum absolute atomic E-state index is 12.3. The van der Waals surface area contributed by atoms with Gasteiger partial charge < -0.3 is 4.57 Å². The van der Waals surface area contributed by atoms with Crippen LogP contribution in [0.5, 0.6) is 0 Å². The number of imidazole rings is 1. The summed E-state index contributed by atoms with van der Waals surface area (Å²) >= 11 is 6.04. The Kier molecular flexibility index (Phi) is 4.76. The van der Waals surface area contributed by atoms with E-state index in [-0.39, 0.29) is 10.4 Å². The zero-order chi connectivity index (χ0) is 14.8. The first-order chi connectivity index (χ1) is 9.42. The van der Waals surface area contributed by atoms with Gasteiger partial charge in [0.1, 0.15) is 5.82 Å². The average Bonchev–Trinajstić information content (AvgIpc) is 3.04. The van der Waals surface area contributed by atoms with Crippen molar-refractivity contribution in [1.82, 2.24) is 14.3 Å². The summed E-state index contributed by atoms with van der Waals surface area (Å²) < 4.78 is 29.1. The van der Waals surface area contributed by atoms with Gasteiger partial charge in [-0.05, 0) is 32.1 Å². The molecule has 1 saturated carbocycles. The molecule has 0 bridgehead atoms. The first-order valence-electron chi connectivity index (χ1n) is 7.02. The first kappa shape index (κ1) is 15.8. The van der Waals surface area contributed by atoms with Crippen LogP contribution in [-0.2, 0) is 16.6 Å². The Balaban J connectivity index is 2.10. The molecule has 2 rings (SSSR count). The van der Waals surface area contributed by atoms with E-state index in [9.17, 15) is 8.42 Å². The van der Waals surface area contributed by atoms with Gasteiger partial charge in [-0.2, -0.15) is 0 Å². The summed E-state index contributed by atoms with van der Waals surface area (Å²) in [7, 11) is -3.55. The Labute approximate surface area is 125 Å². The van der Waals surface area contributed by atoms with Crippen LogP contribution >= 0.6 is 11.6 Å². The van der Waals surface area contributed by atoms with Crippen LogP contribution in [0, 0.1) is 12.3 Å². The van der Waals surface area contributed by atoms with Gasteiger partial charge in [0.25, 0.3) is 10.0 Å². The number of nitrogens with zero attached hydrogens (tertiary/aromatic N) is 2. The van der Waals surface area contributed by atoms with Crippen LogP contribution < -0.4 is 4.72 Å². The van der Waals surface area contributed by atoms with Gasteiger partial charge in [-0.3, -0.25) is 0 Å². The van der Waals surface area contributed by atoms with Crippen molar-refractivity contribution in [1.29, 1.82) is 0 Å². The lowest BCUT2D eigenvalue weighted by atomic mass is 9.89. The lowest BCUT2D eigenvalue weighted by Gasteiger charge is -2.26. The Hall–Kier alpha value is -0.590. The Morgan fingerprint density at radius 3 is 2.60 bits per heavy atom. The molecule has 1 aliphatic rings. The maximum atomic E-state index is 12.3. The molecule has 1 aromatic heterocycles. The van der Waals surface area contributed by atoms with Crippen molar-refractivity contribution < 1.29 is 8.42 Å². The number of hydrogen-bond acceptors (Lipinski definition) is 3. The molecule has 0 unspecified atom stereocenters. The molecule has 0 spiro atoms. The Bertz CT molecular complexity index is 562. The van der Waals surface area contributed by atoms with Crippen molar-refractivity contribution in [3.05, 3.63) is 12.0 Å². The molecule has 0 amide bonds. The van der Waals surface area contributed by atoms with Gasteiger partial charge in [-0.15, -0.1) is 11.6 Å². The van der Waals surface area contributed by atoms with Crippen LogP contribution in [-0.4, -0.2) is 30.4 Å². The lowest BCUT2D eigenvalue weighted by molar-refractivity contribution is 0.342. The number of rotatable bonds is 6. The number of aromatic nitrogens is 2. The second-order valence-electron chi connectivity index (χ2n) is 5.58. The highest BCUT2D eigenvalue weighted by Gasteiger charge is 2.34. The number of alkyl halides is 1. The van der Waals surface area contributed by atoms with Gasteiger partial charge in [0.15, 0.2) is 5.03 Å². The summed E-state index contributed by atoms with van der Waals surface area (Å²) in [6.45, 7) is 4.87.